The Morgan fingerprint density at radius 3 is 2.80 bits per heavy atom. The van der Waals surface area contributed by atoms with E-state index >= 15 is 0 Å². The van der Waals surface area contributed by atoms with Crippen molar-refractivity contribution in [3.05, 3.63) is 0 Å². The lowest BCUT2D eigenvalue weighted by Gasteiger charge is -2.22. The molecule has 0 aromatic carbocycles. The Labute approximate surface area is 94.8 Å². The van der Waals surface area contributed by atoms with Gasteiger partial charge in [-0.15, -0.1) is 0 Å². The van der Waals surface area contributed by atoms with Gasteiger partial charge in [0.05, 0.1) is 6.10 Å². The molecule has 0 amide bonds. The van der Waals surface area contributed by atoms with Gasteiger partial charge in [0.25, 0.3) is 0 Å². The van der Waals surface area contributed by atoms with Gasteiger partial charge in [0.2, 0.25) is 0 Å². The predicted octanol–water partition coefficient (Wildman–Crippen LogP) is 2.97. The number of nitrogens with one attached hydrogen (secondary N) is 1. The molecule has 0 aromatic heterocycles. The van der Waals surface area contributed by atoms with Gasteiger partial charge in [-0.1, -0.05) is 26.7 Å². The zero-order valence-electron chi connectivity index (χ0n) is 10.4. The summed E-state index contributed by atoms with van der Waals surface area (Å²) in [5.41, 5.74) is 0. The van der Waals surface area contributed by atoms with Crippen LogP contribution in [0.3, 0.4) is 0 Å². The summed E-state index contributed by atoms with van der Waals surface area (Å²) in [6.07, 6.45) is 8.37. The Hall–Kier alpha value is -0.0800. The Morgan fingerprint density at radius 1 is 1.27 bits per heavy atom. The van der Waals surface area contributed by atoms with Gasteiger partial charge < -0.3 is 10.1 Å². The lowest BCUT2D eigenvalue weighted by Crippen LogP contribution is -2.32. The van der Waals surface area contributed by atoms with Crippen LogP contribution in [0.1, 0.15) is 52.4 Å². The minimum absolute atomic E-state index is 0.490. The van der Waals surface area contributed by atoms with Crippen LogP contribution in [-0.4, -0.2) is 25.8 Å². The molecule has 1 N–H and O–H groups in total. The summed E-state index contributed by atoms with van der Waals surface area (Å²) < 4.78 is 5.66. The van der Waals surface area contributed by atoms with Crippen LogP contribution in [0.15, 0.2) is 0 Å². The molecule has 0 aromatic rings. The monoisotopic (exact) mass is 213 g/mol. The van der Waals surface area contributed by atoms with Crippen LogP contribution in [0.4, 0.5) is 0 Å². The molecule has 0 spiro atoms. The zero-order valence-corrected chi connectivity index (χ0v) is 10.4. The SMILES string of the molecule is CC(C)CCCCNCC1CCCCO1. The van der Waals surface area contributed by atoms with Crippen LogP contribution in [0.25, 0.3) is 0 Å². The number of hydrogen-bond donors (Lipinski definition) is 1. The van der Waals surface area contributed by atoms with E-state index in [0.717, 1.165) is 25.6 Å². The highest BCUT2D eigenvalue weighted by atomic mass is 16.5. The van der Waals surface area contributed by atoms with Crippen molar-refractivity contribution in [3.8, 4) is 0 Å². The minimum Gasteiger partial charge on any atom is -0.377 e. The molecule has 15 heavy (non-hydrogen) atoms. The highest BCUT2D eigenvalue weighted by molar-refractivity contribution is 4.66. The van der Waals surface area contributed by atoms with Crippen molar-refractivity contribution in [1.29, 1.82) is 0 Å². The van der Waals surface area contributed by atoms with E-state index in [1.165, 1.54) is 38.5 Å². The summed E-state index contributed by atoms with van der Waals surface area (Å²) in [4.78, 5) is 0. The Bertz CT molecular complexity index is 141. The summed E-state index contributed by atoms with van der Waals surface area (Å²) >= 11 is 0. The van der Waals surface area contributed by atoms with Crippen molar-refractivity contribution in [2.75, 3.05) is 19.7 Å². The van der Waals surface area contributed by atoms with Crippen LogP contribution < -0.4 is 5.32 Å². The normalized spacial score (nSPS) is 22.2. The topological polar surface area (TPSA) is 21.3 Å². The molecule has 90 valence electrons. The van der Waals surface area contributed by atoms with Gasteiger partial charge in [-0.2, -0.15) is 0 Å². The van der Waals surface area contributed by atoms with Crippen LogP contribution in [0.2, 0.25) is 0 Å². The average molecular weight is 213 g/mol. The van der Waals surface area contributed by atoms with Crippen LogP contribution in [-0.2, 0) is 4.74 Å². The van der Waals surface area contributed by atoms with Crippen molar-refractivity contribution in [2.24, 2.45) is 5.92 Å². The third-order valence-electron chi connectivity index (χ3n) is 3.03. The first-order chi connectivity index (χ1) is 7.29. The molecular weight excluding hydrogens is 186 g/mol. The van der Waals surface area contributed by atoms with E-state index in [9.17, 15) is 0 Å². The van der Waals surface area contributed by atoms with E-state index < -0.39 is 0 Å². The average Bonchev–Trinajstić information content (AvgIpc) is 2.24. The predicted molar refractivity (Wildman–Crippen MR) is 65.1 cm³/mol. The van der Waals surface area contributed by atoms with Crippen molar-refractivity contribution >= 4 is 0 Å². The van der Waals surface area contributed by atoms with Gasteiger partial charge in [0.1, 0.15) is 0 Å². The standard InChI is InChI=1S/C13H27NO/c1-12(2)7-3-5-9-14-11-13-8-4-6-10-15-13/h12-14H,3-11H2,1-2H3. The molecule has 0 bridgehead atoms. The van der Waals surface area contributed by atoms with Gasteiger partial charge in [-0.3, -0.25) is 0 Å². The molecule has 0 radical (unpaired) electrons. The second-order valence-electron chi connectivity index (χ2n) is 5.08. The number of rotatable bonds is 7. The first kappa shape index (κ1) is 13.0. The van der Waals surface area contributed by atoms with Gasteiger partial charge >= 0.3 is 0 Å². The number of hydrogen-bond acceptors (Lipinski definition) is 2. The van der Waals surface area contributed by atoms with Crippen LogP contribution >= 0.6 is 0 Å². The van der Waals surface area contributed by atoms with Gasteiger partial charge in [-0.25, -0.2) is 0 Å². The number of unbranched alkanes of at least 4 members (excludes halogenated alkanes) is 1. The molecule has 2 heteroatoms. The van der Waals surface area contributed by atoms with Crippen molar-refractivity contribution in [2.45, 2.75) is 58.5 Å². The van der Waals surface area contributed by atoms with Crippen LogP contribution in [0, 0.1) is 5.92 Å². The lowest BCUT2D eigenvalue weighted by molar-refractivity contribution is 0.0170. The molecule has 1 heterocycles. The highest BCUT2D eigenvalue weighted by Gasteiger charge is 2.12. The fraction of sp³-hybridized carbons (Fsp3) is 1.00. The lowest BCUT2D eigenvalue weighted by atomic mass is 10.1. The molecule has 1 fully saturated rings. The molecule has 1 rings (SSSR count). The third kappa shape index (κ3) is 6.91. The van der Waals surface area contributed by atoms with Gasteiger partial charge in [-0.05, 0) is 38.1 Å². The van der Waals surface area contributed by atoms with E-state index in [1.54, 1.807) is 0 Å². The molecule has 0 saturated carbocycles. The highest BCUT2D eigenvalue weighted by Crippen LogP contribution is 2.11. The van der Waals surface area contributed by atoms with E-state index in [2.05, 4.69) is 19.2 Å². The minimum atomic E-state index is 0.490. The third-order valence-corrected chi connectivity index (χ3v) is 3.03. The summed E-state index contributed by atoms with van der Waals surface area (Å²) in [5.74, 6) is 0.853. The Kier molecular flexibility index (Phi) is 7.03. The zero-order chi connectivity index (χ0) is 10.9. The van der Waals surface area contributed by atoms with E-state index in [-0.39, 0.29) is 0 Å². The van der Waals surface area contributed by atoms with Crippen LogP contribution in [0.5, 0.6) is 0 Å². The molecule has 2 nitrogen and oxygen atoms in total. The fourth-order valence-corrected chi connectivity index (χ4v) is 2.03. The van der Waals surface area contributed by atoms with E-state index in [0.29, 0.717) is 6.10 Å². The maximum absolute atomic E-state index is 5.66. The van der Waals surface area contributed by atoms with E-state index in [1.807, 2.05) is 0 Å². The first-order valence-corrected chi connectivity index (χ1v) is 6.61. The molecule has 1 aliphatic rings. The largest absolute Gasteiger partial charge is 0.377 e. The first-order valence-electron chi connectivity index (χ1n) is 6.61. The molecule has 1 aliphatic heterocycles. The Morgan fingerprint density at radius 2 is 2.13 bits per heavy atom. The quantitative estimate of drug-likeness (QED) is 0.656. The summed E-state index contributed by atoms with van der Waals surface area (Å²) in [6.45, 7) is 7.78. The second-order valence-corrected chi connectivity index (χ2v) is 5.08. The maximum Gasteiger partial charge on any atom is 0.0699 e. The van der Waals surface area contributed by atoms with Gasteiger partial charge in [0.15, 0.2) is 0 Å². The summed E-state index contributed by atoms with van der Waals surface area (Å²) in [7, 11) is 0. The number of ether oxygens (including phenoxy) is 1. The molecular formula is C13H27NO. The molecule has 0 aliphatic carbocycles. The smallest absolute Gasteiger partial charge is 0.0699 e. The van der Waals surface area contributed by atoms with Crippen molar-refractivity contribution in [3.63, 3.8) is 0 Å². The fourth-order valence-electron chi connectivity index (χ4n) is 2.03. The second kappa shape index (κ2) is 8.12. The molecule has 1 saturated heterocycles. The molecule has 1 atom stereocenters. The summed E-state index contributed by atoms with van der Waals surface area (Å²) in [5, 5.41) is 3.50. The van der Waals surface area contributed by atoms with Crippen molar-refractivity contribution in [1.82, 2.24) is 5.32 Å². The van der Waals surface area contributed by atoms with Gasteiger partial charge in [0, 0.05) is 13.2 Å². The Balaban J connectivity index is 1.83. The summed E-state index contributed by atoms with van der Waals surface area (Å²) in [6, 6.07) is 0. The molecule has 1 unspecified atom stereocenters. The van der Waals surface area contributed by atoms with Crippen molar-refractivity contribution < 1.29 is 4.74 Å². The van der Waals surface area contributed by atoms with E-state index in [4.69, 9.17) is 4.74 Å². The maximum atomic E-state index is 5.66.